The molecule has 3 nitrogen and oxygen atoms in total. The van der Waals surface area contributed by atoms with E-state index in [0.29, 0.717) is 16.6 Å². The number of carbonyl (C=O) groups is 1. The van der Waals surface area contributed by atoms with Gasteiger partial charge in [-0.1, -0.05) is 50.2 Å². The van der Waals surface area contributed by atoms with Gasteiger partial charge in [0.2, 0.25) is 5.28 Å². The molecule has 1 heterocycles. The van der Waals surface area contributed by atoms with E-state index in [-0.39, 0.29) is 11.1 Å². The molecule has 0 N–H and O–H groups in total. The molecular formula is C17H13ClN2O. The van der Waals surface area contributed by atoms with Crippen LogP contribution < -0.4 is 0 Å². The van der Waals surface area contributed by atoms with E-state index >= 15 is 0 Å². The van der Waals surface area contributed by atoms with Gasteiger partial charge in [-0.2, -0.15) is 0 Å². The van der Waals surface area contributed by atoms with Crippen LogP contribution in [0.15, 0.2) is 42.5 Å². The molecule has 0 fully saturated rings. The third kappa shape index (κ3) is 2.01. The monoisotopic (exact) mass is 296 g/mol. The first-order valence-corrected chi connectivity index (χ1v) is 7.24. The van der Waals surface area contributed by atoms with E-state index in [1.807, 2.05) is 50.2 Å². The molecule has 0 bridgehead atoms. The first-order valence-electron chi connectivity index (χ1n) is 6.86. The van der Waals surface area contributed by atoms with E-state index in [1.54, 1.807) is 6.07 Å². The summed E-state index contributed by atoms with van der Waals surface area (Å²) in [6.45, 7) is 4.00. The minimum absolute atomic E-state index is 0.0135. The molecule has 21 heavy (non-hydrogen) atoms. The zero-order valence-corrected chi connectivity index (χ0v) is 12.5. The number of rotatable bonds is 0. The Morgan fingerprint density at radius 3 is 2.29 bits per heavy atom. The van der Waals surface area contributed by atoms with E-state index in [2.05, 4.69) is 9.97 Å². The van der Waals surface area contributed by atoms with Crippen LogP contribution in [0.4, 0.5) is 0 Å². The molecule has 1 aliphatic rings. The standard InChI is InChI=1S/C15H7ClN2O.C2H6/c16-15-17-11-7-3-6-10-12(11)13(18-15)8-4-1-2-5-9(8)14(10)19;1-2/h1-7H;1-2H3. The third-order valence-corrected chi connectivity index (χ3v) is 3.54. The summed E-state index contributed by atoms with van der Waals surface area (Å²) in [6.07, 6.45) is 0. The largest absolute Gasteiger partial charge is 0.289 e. The van der Waals surface area contributed by atoms with Gasteiger partial charge in [0.15, 0.2) is 5.78 Å². The summed E-state index contributed by atoms with van der Waals surface area (Å²) in [5.74, 6) is 0.0135. The van der Waals surface area contributed by atoms with Crippen LogP contribution in [0.1, 0.15) is 29.8 Å². The molecule has 3 aromatic rings. The topological polar surface area (TPSA) is 42.9 Å². The molecular weight excluding hydrogens is 284 g/mol. The number of aromatic nitrogens is 2. The second kappa shape index (κ2) is 5.26. The Labute approximate surface area is 127 Å². The maximum absolute atomic E-state index is 12.5. The van der Waals surface area contributed by atoms with Crippen LogP contribution in [0.3, 0.4) is 0 Å². The highest BCUT2D eigenvalue weighted by Gasteiger charge is 2.26. The molecule has 4 rings (SSSR count). The molecule has 0 amide bonds. The zero-order chi connectivity index (χ0) is 15.0. The molecule has 0 spiro atoms. The lowest BCUT2D eigenvalue weighted by Gasteiger charge is -2.18. The summed E-state index contributed by atoms with van der Waals surface area (Å²) in [6, 6.07) is 12.9. The van der Waals surface area contributed by atoms with Gasteiger partial charge in [0.1, 0.15) is 0 Å². The van der Waals surface area contributed by atoms with Gasteiger partial charge in [-0.05, 0) is 17.7 Å². The Hall–Kier alpha value is -2.26. The molecule has 0 aliphatic heterocycles. The lowest BCUT2D eigenvalue weighted by atomic mass is 9.87. The van der Waals surface area contributed by atoms with E-state index < -0.39 is 0 Å². The summed E-state index contributed by atoms with van der Waals surface area (Å²) < 4.78 is 0. The second-order valence-corrected chi connectivity index (χ2v) is 4.75. The predicted molar refractivity (Wildman–Crippen MR) is 84.8 cm³/mol. The lowest BCUT2D eigenvalue weighted by molar-refractivity contribution is 0.104. The molecule has 4 heteroatoms. The Balaban J connectivity index is 0.000000636. The van der Waals surface area contributed by atoms with E-state index in [0.717, 1.165) is 16.6 Å². The Bertz CT molecular complexity index is 859. The lowest BCUT2D eigenvalue weighted by Crippen LogP contribution is -2.11. The van der Waals surface area contributed by atoms with Crippen molar-refractivity contribution in [2.45, 2.75) is 13.8 Å². The van der Waals surface area contributed by atoms with Crippen LogP contribution in [0.5, 0.6) is 0 Å². The highest BCUT2D eigenvalue weighted by molar-refractivity contribution is 6.30. The highest BCUT2D eigenvalue weighted by atomic mass is 35.5. The molecule has 0 atom stereocenters. The average Bonchev–Trinajstić information content (AvgIpc) is 2.54. The third-order valence-electron chi connectivity index (χ3n) is 3.37. The fourth-order valence-corrected chi connectivity index (χ4v) is 2.75. The van der Waals surface area contributed by atoms with Crippen LogP contribution in [0.2, 0.25) is 5.28 Å². The highest BCUT2D eigenvalue weighted by Crippen LogP contribution is 2.37. The Morgan fingerprint density at radius 2 is 1.52 bits per heavy atom. The van der Waals surface area contributed by atoms with Gasteiger partial charge in [0, 0.05) is 22.1 Å². The number of carbonyl (C=O) groups excluding carboxylic acids is 1. The second-order valence-electron chi connectivity index (χ2n) is 4.42. The fourth-order valence-electron chi connectivity index (χ4n) is 2.57. The smallest absolute Gasteiger partial charge is 0.223 e. The molecule has 1 aromatic heterocycles. The number of ketones is 1. The maximum atomic E-state index is 12.5. The van der Waals surface area contributed by atoms with E-state index in [9.17, 15) is 4.79 Å². The van der Waals surface area contributed by atoms with Crippen molar-refractivity contribution >= 4 is 28.3 Å². The van der Waals surface area contributed by atoms with Crippen LogP contribution in [0.25, 0.3) is 22.2 Å². The van der Waals surface area contributed by atoms with Gasteiger partial charge in [0.25, 0.3) is 0 Å². The Morgan fingerprint density at radius 1 is 0.857 bits per heavy atom. The Kier molecular flexibility index (Phi) is 3.43. The van der Waals surface area contributed by atoms with Crippen molar-refractivity contribution in [3.63, 3.8) is 0 Å². The van der Waals surface area contributed by atoms with Gasteiger partial charge in [-0.3, -0.25) is 4.79 Å². The molecule has 2 aromatic carbocycles. The first-order chi connectivity index (χ1) is 10.3. The van der Waals surface area contributed by atoms with Crippen LogP contribution in [-0.2, 0) is 0 Å². The van der Waals surface area contributed by atoms with Crippen LogP contribution in [-0.4, -0.2) is 15.8 Å². The number of fused-ring (bicyclic) bond motifs is 2. The van der Waals surface area contributed by atoms with Gasteiger partial charge >= 0.3 is 0 Å². The predicted octanol–water partition coefficient (Wildman–Crippen LogP) is 4.52. The molecule has 0 saturated carbocycles. The van der Waals surface area contributed by atoms with Crippen molar-refractivity contribution < 1.29 is 4.79 Å². The number of nitrogens with zero attached hydrogens (tertiary/aromatic N) is 2. The number of hydrogen-bond donors (Lipinski definition) is 0. The van der Waals surface area contributed by atoms with Gasteiger partial charge < -0.3 is 0 Å². The quantitative estimate of drug-likeness (QED) is 0.448. The first kappa shape index (κ1) is 13.7. The van der Waals surface area contributed by atoms with Crippen LogP contribution in [0, 0.1) is 0 Å². The number of halogens is 1. The summed E-state index contributed by atoms with van der Waals surface area (Å²) >= 11 is 5.97. The van der Waals surface area contributed by atoms with Crippen molar-refractivity contribution in [2.75, 3.05) is 0 Å². The maximum Gasteiger partial charge on any atom is 0.223 e. The summed E-state index contributed by atoms with van der Waals surface area (Å²) in [4.78, 5) is 21.0. The van der Waals surface area contributed by atoms with E-state index in [4.69, 9.17) is 11.6 Å². The SMILES string of the molecule is CC.O=C1c2ccccc2-c2nc(Cl)nc3cccc1c23. The summed E-state index contributed by atoms with van der Waals surface area (Å²) in [5, 5.41) is 0.986. The van der Waals surface area contributed by atoms with Gasteiger partial charge in [-0.15, -0.1) is 0 Å². The number of benzene rings is 2. The van der Waals surface area contributed by atoms with Crippen molar-refractivity contribution in [3.8, 4) is 11.3 Å². The van der Waals surface area contributed by atoms with E-state index in [1.165, 1.54) is 0 Å². The minimum Gasteiger partial charge on any atom is -0.289 e. The fraction of sp³-hybridized carbons (Fsp3) is 0.118. The van der Waals surface area contributed by atoms with Crippen molar-refractivity contribution in [2.24, 2.45) is 0 Å². The van der Waals surface area contributed by atoms with Crippen molar-refractivity contribution in [3.05, 3.63) is 58.9 Å². The van der Waals surface area contributed by atoms with Crippen molar-refractivity contribution in [1.29, 1.82) is 0 Å². The molecule has 0 saturated heterocycles. The van der Waals surface area contributed by atoms with Crippen molar-refractivity contribution in [1.82, 2.24) is 9.97 Å². The van der Waals surface area contributed by atoms with Gasteiger partial charge in [0.05, 0.1) is 11.2 Å². The molecule has 0 radical (unpaired) electrons. The molecule has 1 aliphatic carbocycles. The summed E-state index contributed by atoms with van der Waals surface area (Å²) in [7, 11) is 0. The zero-order valence-electron chi connectivity index (χ0n) is 11.7. The normalized spacial score (nSPS) is 11.7. The van der Waals surface area contributed by atoms with Crippen LogP contribution >= 0.6 is 11.6 Å². The minimum atomic E-state index is 0.0135. The molecule has 0 unspecified atom stereocenters. The summed E-state index contributed by atoms with van der Waals surface area (Å²) in [5.41, 5.74) is 3.57. The molecule has 104 valence electrons. The average molecular weight is 297 g/mol. The number of hydrogen-bond acceptors (Lipinski definition) is 3. The van der Waals surface area contributed by atoms with Gasteiger partial charge in [-0.25, -0.2) is 9.97 Å².